The van der Waals surface area contributed by atoms with Gasteiger partial charge in [0.1, 0.15) is 0 Å². The SMILES string of the molecule is CNC(c1cccc(C(F)(F)F)c1)c1cccc(Br)c1C. The molecule has 0 spiro atoms. The lowest BCUT2D eigenvalue weighted by atomic mass is 9.94. The molecule has 0 aliphatic rings. The van der Waals surface area contributed by atoms with Gasteiger partial charge in [0.25, 0.3) is 0 Å². The predicted octanol–water partition coefficient (Wildman–Crippen LogP) is 5.09. The van der Waals surface area contributed by atoms with Crippen LogP contribution in [0.4, 0.5) is 13.2 Å². The van der Waals surface area contributed by atoms with Crippen LogP contribution in [-0.2, 0) is 6.18 Å². The van der Waals surface area contributed by atoms with Crippen molar-refractivity contribution < 1.29 is 13.2 Å². The Morgan fingerprint density at radius 1 is 1.10 bits per heavy atom. The minimum Gasteiger partial charge on any atom is -0.309 e. The Balaban J connectivity index is 2.49. The van der Waals surface area contributed by atoms with Gasteiger partial charge in [-0.3, -0.25) is 0 Å². The third-order valence-corrected chi connectivity index (χ3v) is 4.32. The second-order valence-corrected chi connectivity index (χ2v) is 5.65. The van der Waals surface area contributed by atoms with E-state index in [4.69, 9.17) is 0 Å². The highest BCUT2D eigenvalue weighted by Gasteiger charge is 2.31. The molecule has 1 atom stereocenters. The fourth-order valence-corrected chi connectivity index (χ4v) is 2.71. The molecular weight excluding hydrogens is 343 g/mol. The molecule has 0 saturated carbocycles. The molecule has 0 fully saturated rings. The summed E-state index contributed by atoms with van der Waals surface area (Å²) in [6.45, 7) is 1.94. The van der Waals surface area contributed by atoms with E-state index in [0.29, 0.717) is 5.56 Å². The van der Waals surface area contributed by atoms with Crippen molar-refractivity contribution in [1.82, 2.24) is 5.32 Å². The van der Waals surface area contributed by atoms with Crippen molar-refractivity contribution in [2.24, 2.45) is 0 Å². The molecule has 1 unspecified atom stereocenters. The summed E-state index contributed by atoms with van der Waals surface area (Å²) in [7, 11) is 1.74. The van der Waals surface area contributed by atoms with Crippen molar-refractivity contribution in [3.63, 3.8) is 0 Å². The van der Waals surface area contributed by atoms with Crippen molar-refractivity contribution in [1.29, 1.82) is 0 Å². The summed E-state index contributed by atoms with van der Waals surface area (Å²) in [5, 5.41) is 3.09. The van der Waals surface area contributed by atoms with Crippen molar-refractivity contribution in [3.05, 3.63) is 69.2 Å². The number of hydrogen-bond donors (Lipinski definition) is 1. The van der Waals surface area contributed by atoms with Crippen LogP contribution >= 0.6 is 15.9 Å². The molecule has 2 rings (SSSR count). The van der Waals surface area contributed by atoms with Gasteiger partial charge < -0.3 is 5.32 Å². The Kier molecular flexibility index (Phi) is 4.74. The molecule has 1 N–H and O–H groups in total. The lowest BCUT2D eigenvalue weighted by Crippen LogP contribution is -2.19. The van der Waals surface area contributed by atoms with Gasteiger partial charge >= 0.3 is 6.18 Å². The second kappa shape index (κ2) is 6.20. The van der Waals surface area contributed by atoms with E-state index >= 15 is 0 Å². The molecule has 0 radical (unpaired) electrons. The van der Waals surface area contributed by atoms with Crippen LogP contribution in [-0.4, -0.2) is 7.05 Å². The Morgan fingerprint density at radius 3 is 2.38 bits per heavy atom. The summed E-state index contributed by atoms with van der Waals surface area (Å²) >= 11 is 3.45. The molecule has 0 aliphatic heterocycles. The Morgan fingerprint density at radius 2 is 1.76 bits per heavy atom. The van der Waals surface area contributed by atoms with Gasteiger partial charge in [0.05, 0.1) is 11.6 Å². The Hall–Kier alpha value is -1.33. The normalized spacial score (nSPS) is 13.2. The van der Waals surface area contributed by atoms with Crippen molar-refractivity contribution in [2.45, 2.75) is 19.1 Å². The maximum Gasteiger partial charge on any atom is 0.416 e. The zero-order valence-electron chi connectivity index (χ0n) is 11.6. The zero-order chi connectivity index (χ0) is 15.6. The van der Waals surface area contributed by atoms with Crippen molar-refractivity contribution in [2.75, 3.05) is 7.05 Å². The van der Waals surface area contributed by atoms with Crippen LogP contribution in [0.3, 0.4) is 0 Å². The van der Waals surface area contributed by atoms with Gasteiger partial charge in [-0.05, 0) is 48.9 Å². The predicted molar refractivity (Wildman–Crippen MR) is 81.2 cm³/mol. The van der Waals surface area contributed by atoms with E-state index in [9.17, 15) is 13.2 Å². The lowest BCUT2D eigenvalue weighted by molar-refractivity contribution is -0.137. The minimum absolute atomic E-state index is 0.287. The number of nitrogens with one attached hydrogen (secondary N) is 1. The molecule has 0 aliphatic carbocycles. The largest absolute Gasteiger partial charge is 0.416 e. The van der Waals surface area contributed by atoms with Gasteiger partial charge in [0, 0.05) is 4.47 Å². The van der Waals surface area contributed by atoms with Crippen LogP contribution in [0.1, 0.15) is 28.3 Å². The zero-order valence-corrected chi connectivity index (χ0v) is 13.2. The summed E-state index contributed by atoms with van der Waals surface area (Å²) in [5.74, 6) is 0. The first-order chi connectivity index (χ1) is 9.84. The minimum atomic E-state index is -4.33. The third kappa shape index (κ3) is 3.47. The highest BCUT2D eigenvalue weighted by Crippen LogP contribution is 2.33. The third-order valence-electron chi connectivity index (χ3n) is 3.46. The van der Waals surface area contributed by atoms with Crippen LogP contribution in [0.5, 0.6) is 0 Å². The number of rotatable bonds is 3. The molecule has 2 aromatic rings. The highest BCUT2D eigenvalue weighted by atomic mass is 79.9. The van der Waals surface area contributed by atoms with E-state index in [0.717, 1.165) is 21.7 Å². The molecular formula is C16H15BrF3N. The molecule has 0 bridgehead atoms. The summed E-state index contributed by atoms with van der Waals surface area (Å²) in [6.07, 6.45) is -4.33. The Bertz CT molecular complexity index is 638. The summed E-state index contributed by atoms with van der Waals surface area (Å²) < 4.78 is 39.5. The van der Waals surface area contributed by atoms with E-state index in [1.807, 2.05) is 25.1 Å². The van der Waals surface area contributed by atoms with Gasteiger partial charge in [-0.1, -0.05) is 40.2 Å². The van der Waals surface area contributed by atoms with Gasteiger partial charge in [-0.25, -0.2) is 0 Å². The number of hydrogen-bond acceptors (Lipinski definition) is 1. The van der Waals surface area contributed by atoms with Gasteiger partial charge in [-0.15, -0.1) is 0 Å². The first-order valence-electron chi connectivity index (χ1n) is 6.44. The second-order valence-electron chi connectivity index (χ2n) is 4.80. The van der Waals surface area contributed by atoms with E-state index in [-0.39, 0.29) is 6.04 Å². The summed E-state index contributed by atoms with van der Waals surface area (Å²) in [4.78, 5) is 0. The molecule has 21 heavy (non-hydrogen) atoms. The highest BCUT2D eigenvalue weighted by molar-refractivity contribution is 9.10. The van der Waals surface area contributed by atoms with Crippen LogP contribution < -0.4 is 5.32 Å². The lowest BCUT2D eigenvalue weighted by Gasteiger charge is -2.21. The number of alkyl halides is 3. The van der Waals surface area contributed by atoms with E-state index in [1.54, 1.807) is 13.1 Å². The average Bonchev–Trinajstić information content (AvgIpc) is 2.44. The van der Waals surface area contributed by atoms with Crippen LogP contribution in [0.2, 0.25) is 0 Å². The van der Waals surface area contributed by atoms with Gasteiger partial charge in [0.2, 0.25) is 0 Å². The van der Waals surface area contributed by atoms with Crippen LogP contribution in [0.15, 0.2) is 46.9 Å². The van der Waals surface area contributed by atoms with Crippen molar-refractivity contribution in [3.8, 4) is 0 Å². The standard InChI is InChI=1S/C16H15BrF3N/c1-10-13(7-4-8-14(10)17)15(21-2)11-5-3-6-12(9-11)16(18,19)20/h3-9,15,21H,1-2H3. The van der Waals surface area contributed by atoms with E-state index < -0.39 is 11.7 Å². The fourth-order valence-electron chi connectivity index (χ4n) is 2.33. The molecule has 0 amide bonds. The quantitative estimate of drug-likeness (QED) is 0.806. The van der Waals surface area contributed by atoms with Gasteiger partial charge in [0.15, 0.2) is 0 Å². The molecule has 0 saturated heterocycles. The monoisotopic (exact) mass is 357 g/mol. The maximum atomic E-state index is 12.9. The first-order valence-corrected chi connectivity index (χ1v) is 7.23. The van der Waals surface area contributed by atoms with Crippen LogP contribution in [0, 0.1) is 6.92 Å². The fraction of sp³-hybridized carbons (Fsp3) is 0.250. The molecule has 112 valence electrons. The molecule has 2 aromatic carbocycles. The smallest absolute Gasteiger partial charge is 0.309 e. The Labute approximate surface area is 130 Å². The first kappa shape index (κ1) is 16.0. The molecule has 0 aromatic heterocycles. The molecule has 1 nitrogen and oxygen atoms in total. The average molecular weight is 358 g/mol. The van der Waals surface area contributed by atoms with Gasteiger partial charge in [-0.2, -0.15) is 13.2 Å². The topological polar surface area (TPSA) is 12.0 Å². The summed E-state index contributed by atoms with van der Waals surface area (Å²) in [5.41, 5.74) is 1.92. The molecule has 0 heterocycles. The van der Waals surface area contributed by atoms with Crippen molar-refractivity contribution >= 4 is 15.9 Å². The summed E-state index contributed by atoms with van der Waals surface area (Å²) in [6, 6.07) is 10.9. The number of halogens is 4. The molecule has 5 heteroatoms. The number of benzene rings is 2. The van der Waals surface area contributed by atoms with E-state index in [2.05, 4.69) is 21.2 Å². The van der Waals surface area contributed by atoms with E-state index in [1.165, 1.54) is 12.1 Å². The van der Waals surface area contributed by atoms with Crippen LogP contribution in [0.25, 0.3) is 0 Å². The maximum absolute atomic E-state index is 12.9.